The Morgan fingerprint density at radius 3 is 2.11 bits per heavy atom. The highest BCUT2D eigenvalue weighted by Gasteiger charge is 1.85. The second-order valence-corrected chi connectivity index (χ2v) is 3.13. The number of rotatable bonds is 6. The van der Waals surface area contributed by atoms with Crippen molar-refractivity contribution in [3.8, 4) is 0 Å². The van der Waals surface area contributed by atoms with Crippen LogP contribution in [0.3, 0.4) is 0 Å². The van der Waals surface area contributed by atoms with E-state index in [1.807, 2.05) is 0 Å². The Bertz CT molecular complexity index is 42.5. The van der Waals surface area contributed by atoms with E-state index < -0.39 is 0 Å². The van der Waals surface area contributed by atoms with Gasteiger partial charge in [-0.05, 0) is 0 Å². The van der Waals surface area contributed by atoms with Gasteiger partial charge in [0.2, 0.25) is 0 Å². The van der Waals surface area contributed by atoms with Gasteiger partial charge in [-0.25, -0.2) is 0 Å². The van der Waals surface area contributed by atoms with Crippen LogP contribution < -0.4 is 0 Å². The Labute approximate surface area is 68.9 Å². The van der Waals surface area contributed by atoms with Gasteiger partial charge in [0.15, 0.2) is 0 Å². The standard InChI is InChI=1S/C8H17.Al.H2/c1-3-5-7-8-6-4-2;;/h1,3-8H2,2H3;;1H. The molecule has 0 bridgehead atoms. The van der Waals surface area contributed by atoms with Gasteiger partial charge in [-0.2, -0.15) is 0 Å². The minimum atomic E-state index is 0. The van der Waals surface area contributed by atoms with Crippen LogP contribution in [0.2, 0.25) is 5.28 Å². The predicted octanol–water partition coefficient (Wildman–Crippen LogP) is 3.18. The molecule has 0 aliphatic heterocycles. The number of unbranched alkanes of at least 4 members (excludes halogenated alkanes) is 5. The lowest BCUT2D eigenvalue weighted by atomic mass is 10.1. The van der Waals surface area contributed by atoms with Gasteiger partial charge in [0.1, 0.15) is 16.3 Å². The molecule has 9 heavy (non-hydrogen) atoms. The normalized spacial score (nSPS) is 9.89. The lowest BCUT2D eigenvalue weighted by molar-refractivity contribution is 0.624. The second-order valence-electron chi connectivity index (χ2n) is 2.56. The molecule has 0 N–H and O–H groups in total. The summed E-state index contributed by atoms with van der Waals surface area (Å²) in [6.07, 6.45) is 8.51. The Morgan fingerprint density at radius 2 is 1.56 bits per heavy atom. The average molecular weight is 142 g/mol. The molecule has 0 rings (SSSR count). The molecule has 0 atom stereocenters. The van der Waals surface area contributed by atoms with E-state index in [1.165, 1.54) is 43.8 Å². The fourth-order valence-corrected chi connectivity index (χ4v) is 1.21. The van der Waals surface area contributed by atoms with E-state index >= 15 is 0 Å². The van der Waals surface area contributed by atoms with Gasteiger partial charge in [-0.1, -0.05) is 45.4 Å². The van der Waals surface area contributed by atoms with E-state index in [4.69, 9.17) is 0 Å². The maximum Gasteiger partial charge on any atom is 0.118 e. The summed E-state index contributed by atoms with van der Waals surface area (Å²) in [5, 5.41) is 1.28. The van der Waals surface area contributed by atoms with Crippen LogP contribution in [0.25, 0.3) is 0 Å². The van der Waals surface area contributed by atoms with Crippen LogP contribution in [0, 0.1) is 0 Å². The highest BCUT2D eigenvalue weighted by molar-refractivity contribution is 6.08. The van der Waals surface area contributed by atoms with Crippen LogP contribution in [0.15, 0.2) is 0 Å². The van der Waals surface area contributed by atoms with Crippen molar-refractivity contribution < 1.29 is 1.43 Å². The number of hydrogen-bond donors (Lipinski definition) is 0. The SMILES string of the molecule is CCCCCCC[CH2][Al].[HH]. The van der Waals surface area contributed by atoms with Crippen molar-refractivity contribution in [2.75, 3.05) is 0 Å². The van der Waals surface area contributed by atoms with E-state index in [1.54, 1.807) is 0 Å². The third kappa shape index (κ3) is 8.53. The molecular formula is C8H19Al. The lowest BCUT2D eigenvalue weighted by Crippen LogP contribution is -1.77. The maximum absolute atomic E-state index is 2.78. The van der Waals surface area contributed by atoms with E-state index in [-0.39, 0.29) is 1.43 Å². The Hall–Kier alpha value is 0.532. The molecule has 0 aromatic carbocycles. The first-order valence-electron chi connectivity index (χ1n) is 4.12. The van der Waals surface area contributed by atoms with Crippen molar-refractivity contribution >= 4 is 16.3 Å². The van der Waals surface area contributed by atoms with Crippen molar-refractivity contribution in [3.05, 3.63) is 0 Å². The molecule has 1 heteroatoms. The largest absolute Gasteiger partial charge is 0.118 e. The quantitative estimate of drug-likeness (QED) is 0.394. The van der Waals surface area contributed by atoms with Crippen LogP contribution in [-0.4, -0.2) is 16.3 Å². The van der Waals surface area contributed by atoms with Crippen molar-refractivity contribution in [2.24, 2.45) is 0 Å². The second kappa shape index (κ2) is 8.53. The molecule has 54 valence electrons. The zero-order valence-corrected chi connectivity index (χ0v) is 7.68. The van der Waals surface area contributed by atoms with Gasteiger partial charge in [0.05, 0.1) is 0 Å². The third-order valence-electron chi connectivity index (χ3n) is 1.56. The zero-order chi connectivity index (χ0) is 6.95. The summed E-state index contributed by atoms with van der Waals surface area (Å²) < 4.78 is 0. The minimum Gasteiger partial charge on any atom is -0.118 e. The maximum atomic E-state index is 2.78. The molecule has 0 aliphatic carbocycles. The van der Waals surface area contributed by atoms with Gasteiger partial charge >= 0.3 is 0 Å². The molecular weight excluding hydrogens is 123 g/mol. The molecule has 0 amide bonds. The molecule has 0 spiro atoms. The van der Waals surface area contributed by atoms with Gasteiger partial charge in [0, 0.05) is 1.43 Å². The lowest BCUT2D eigenvalue weighted by Gasteiger charge is -1.96. The van der Waals surface area contributed by atoms with E-state index in [0.29, 0.717) is 0 Å². The predicted molar refractivity (Wildman–Crippen MR) is 46.1 cm³/mol. The first-order chi connectivity index (χ1) is 4.41. The average Bonchev–Trinajstić information content (AvgIpc) is 1.89. The highest BCUT2D eigenvalue weighted by Crippen LogP contribution is 2.05. The van der Waals surface area contributed by atoms with Crippen LogP contribution in [0.5, 0.6) is 0 Å². The summed E-state index contributed by atoms with van der Waals surface area (Å²) in [4.78, 5) is 0. The molecule has 0 saturated heterocycles. The first-order valence-corrected chi connectivity index (χ1v) is 4.93. The van der Waals surface area contributed by atoms with Gasteiger partial charge in [-0.15, -0.1) is 5.28 Å². The molecule has 0 nitrogen and oxygen atoms in total. The van der Waals surface area contributed by atoms with Crippen LogP contribution >= 0.6 is 0 Å². The van der Waals surface area contributed by atoms with Crippen molar-refractivity contribution in [3.63, 3.8) is 0 Å². The van der Waals surface area contributed by atoms with E-state index in [2.05, 4.69) is 23.2 Å². The van der Waals surface area contributed by atoms with Gasteiger partial charge in [-0.3, -0.25) is 0 Å². The zero-order valence-electron chi connectivity index (χ0n) is 6.53. The Morgan fingerprint density at radius 1 is 1.00 bits per heavy atom. The summed E-state index contributed by atoms with van der Waals surface area (Å²) in [5.41, 5.74) is 0. The highest BCUT2D eigenvalue weighted by atomic mass is 27.0. The van der Waals surface area contributed by atoms with Crippen molar-refractivity contribution in [1.82, 2.24) is 0 Å². The molecule has 0 aliphatic rings. The molecule has 0 aromatic heterocycles. The van der Waals surface area contributed by atoms with E-state index in [9.17, 15) is 0 Å². The molecule has 0 heterocycles. The summed E-state index contributed by atoms with van der Waals surface area (Å²) in [6.45, 7) is 2.26. The fraction of sp³-hybridized carbons (Fsp3) is 1.00. The number of hydrogen-bond acceptors (Lipinski definition) is 0. The third-order valence-corrected chi connectivity index (χ3v) is 1.97. The Kier molecular flexibility index (Phi) is 9.04. The monoisotopic (exact) mass is 142 g/mol. The summed E-state index contributed by atoms with van der Waals surface area (Å²) in [7, 11) is 0. The molecule has 0 saturated carbocycles. The van der Waals surface area contributed by atoms with E-state index in [0.717, 1.165) is 0 Å². The summed E-state index contributed by atoms with van der Waals surface area (Å²) in [6, 6.07) is 0. The van der Waals surface area contributed by atoms with Gasteiger partial charge < -0.3 is 0 Å². The van der Waals surface area contributed by atoms with Crippen LogP contribution in [0.1, 0.15) is 46.9 Å². The van der Waals surface area contributed by atoms with Crippen LogP contribution in [0.4, 0.5) is 0 Å². The van der Waals surface area contributed by atoms with Crippen molar-refractivity contribution in [1.29, 1.82) is 0 Å². The summed E-state index contributed by atoms with van der Waals surface area (Å²) >= 11 is 2.78. The smallest absolute Gasteiger partial charge is 0.118 e. The fourth-order valence-electron chi connectivity index (χ4n) is 0.925. The first kappa shape index (κ1) is 9.53. The molecule has 0 fully saturated rings. The minimum absolute atomic E-state index is 0. The molecule has 0 unspecified atom stereocenters. The Balaban J connectivity index is 0. The molecule has 2 radical (unpaired) electrons. The van der Waals surface area contributed by atoms with Crippen LogP contribution in [-0.2, 0) is 0 Å². The summed E-state index contributed by atoms with van der Waals surface area (Å²) in [5.74, 6) is 0. The van der Waals surface area contributed by atoms with Gasteiger partial charge in [0.25, 0.3) is 0 Å². The topological polar surface area (TPSA) is 0 Å². The molecule has 0 aromatic rings. The van der Waals surface area contributed by atoms with Crippen molar-refractivity contribution in [2.45, 2.75) is 50.7 Å².